The first-order valence-electron chi connectivity index (χ1n) is 10.1. The molecule has 0 fully saturated rings. The van der Waals surface area contributed by atoms with Gasteiger partial charge in [0.2, 0.25) is 5.96 Å². The molecule has 3 heterocycles. The number of pyridine rings is 2. The molecule has 0 bridgehead atoms. The van der Waals surface area contributed by atoms with Crippen molar-refractivity contribution >= 4 is 27.6 Å². The number of hydrogen-bond donors (Lipinski definition) is 2. The van der Waals surface area contributed by atoms with Crippen LogP contribution in [0.5, 0.6) is 0 Å². The van der Waals surface area contributed by atoms with Crippen molar-refractivity contribution in [1.82, 2.24) is 14.3 Å². The summed E-state index contributed by atoms with van der Waals surface area (Å²) >= 11 is 0. The second-order valence-corrected chi connectivity index (χ2v) is 9.33. The number of aliphatic imine (C=N–C) groups is 1. The third kappa shape index (κ3) is 6.19. The SMILES string of the molecule is N#Cc1ccc(C(=O)Nc2ccc(F)c(CS3(=O)=NCCCCN3C(N)=NCC(F)F)n2)nc1. The summed E-state index contributed by atoms with van der Waals surface area (Å²) in [5.41, 5.74) is 5.84. The number of nitriles is 1. The summed E-state index contributed by atoms with van der Waals surface area (Å²) in [5, 5.41) is 11.3. The van der Waals surface area contributed by atoms with E-state index in [-0.39, 0.29) is 41.8 Å². The minimum atomic E-state index is -3.40. The third-order valence-corrected chi connectivity index (χ3v) is 6.96. The molecule has 0 radical (unpaired) electrons. The summed E-state index contributed by atoms with van der Waals surface area (Å²) in [5.74, 6) is -2.34. The van der Waals surface area contributed by atoms with Gasteiger partial charge in [0, 0.05) is 12.7 Å². The zero-order valence-corrected chi connectivity index (χ0v) is 18.6. The van der Waals surface area contributed by atoms with Crippen molar-refractivity contribution in [1.29, 1.82) is 5.26 Å². The van der Waals surface area contributed by atoms with Crippen LogP contribution in [0.3, 0.4) is 0 Å². The van der Waals surface area contributed by atoms with Crippen LogP contribution >= 0.6 is 0 Å². The Labute approximate surface area is 194 Å². The van der Waals surface area contributed by atoms with Crippen LogP contribution in [0.15, 0.2) is 39.8 Å². The molecule has 2 aromatic heterocycles. The Balaban J connectivity index is 1.85. The number of carbonyl (C=O) groups excluding carboxylic acids is 1. The Morgan fingerprint density at radius 2 is 2.12 bits per heavy atom. The summed E-state index contributed by atoms with van der Waals surface area (Å²) in [7, 11) is -3.40. The third-order valence-electron chi connectivity index (χ3n) is 4.66. The number of carbonyl (C=O) groups is 1. The lowest BCUT2D eigenvalue weighted by molar-refractivity contribution is 0.102. The molecule has 0 aromatic carbocycles. The molecule has 1 aliphatic heterocycles. The van der Waals surface area contributed by atoms with Crippen molar-refractivity contribution < 1.29 is 22.2 Å². The van der Waals surface area contributed by atoms with Crippen molar-refractivity contribution in [3.8, 4) is 6.07 Å². The minimum Gasteiger partial charge on any atom is -0.369 e. The summed E-state index contributed by atoms with van der Waals surface area (Å²) in [6.45, 7) is -0.515. The number of anilines is 1. The zero-order chi connectivity index (χ0) is 24.7. The summed E-state index contributed by atoms with van der Waals surface area (Å²) < 4.78 is 58.6. The van der Waals surface area contributed by atoms with Gasteiger partial charge in [0.15, 0.2) is 0 Å². The standard InChI is InChI=1S/C20H21F3N8O2S/c21-14-4-6-18(30-19(32)15-5-3-13(9-24)10-26-15)29-16(14)12-34(33)28-7-1-2-8-31(34)20(25)27-11-17(22)23/h3-6,10,17H,1-2,7-8,11-12H2,(H2,25,27)(H,29,30,32). The van der Waals surface area contributed by atoms with Crippen LogP contribution in [0.1, 0.15) is 34.6 Å². The molecular weight excluding hydrogens is 473 g/mol. The van der Waals surface area contributed by atoms with Gasteiger partial charge in [0.1, 0.15) is 39.9 Å². The molecule has 1 amide bonds. The van der Waals surface area contributed by atoms with Gasteiger partial charge in [0.05, 0.1) is 23.6 Å². The number of alkyl halides is 2. The van der Waals surface area contributed by atoms with E-state index in [9.17, 15) is 22.2 Å². The Bertz CT molecular complexity index is 1240. The summed E-state index contributed by atoms with van der Waals surface area (Å²) in [6.07, 6.45) is -0.386. The average molecular weight is 495 g/mol. The monoisotopic (exact) mass is 494 g/mol. The molecule has 0 saturated carbocycles. The number of guanidine groups is 1. The van der Waals surface area contributed by atoms with Gasteiger partial charge in [-0.3, -0.25) is 9.10 Å². The van der Waals surface area contributed by atoms with Crippen LogP contribution in [0.2, 0.25) is 0 Å². The fraction of sp³-hybridized carbons (Fsp3) is 0.350. The van der Waals surface area contributed by atoms with Crippen molar-refractivity contribution in [3.05, 3.63) is 53.2 Å². The van der Waals surface area contributed by atoms with Crippen molar-refractivity contribution in [2.75, 3.05) is 25.0 Å². The Morgan fingerprint density at radius 3 is 2.79 bits per heavy atom. The number of halogens is 3. The van der Waals surface area contributed by atoms with E-state index in [1.165, 1.54) is 24.4 Å². The van der Waals surface area contributed by atoms with E-state index < -0.39 is 40.4 Å². The molecule has 34 heavy (non-hydrogen) atoms. The van der Waals surface area contributed by atoms with E-state index in [0.29, 0.717) is 12.8 Å². The number of aromatic nitrogens is 2. The van der Waals surface area contributed by atoms with E-state index in [0.717, 1.165) is 10.4 Å². The molecule has 1 aliphatic rings. The maximum atomic E-state index is 14.6. The number of nitrogens with one attached hydrogen (secondary N) is 1. The van der Waals surface area contributed by atoms with Crippen LogP contribution in [0, 0.1) is 17.1 Å². The lowest BCUT2D eigenvalue weighted by atomic mass is 10.2. The normalized spacial score (nSPS) is 18.7. The highest BCUT2D eigenvalue weighted by atomic mass is 32.2. The number of amides is 1. The van der Waals surface area contributed by atoms with Gasteiger partial charge < -0.3 is 11.1 Å². The molecule has 14 heteroatoms. The highest BCUT2D eigenvalue weighted by Crippen LogP contribution is 2.20. The van der Waals surface area contributed by atoms with E-state index in [2.05, 4.69) is 24.6 Å². The Hall–Kier alpha value is -3.73. The second kappa shape index (κ2) is 10.9. The lowest BCUT2D eigenvalue weighted by Crippen LogP contribution is -2.43. The van der Waals surface area contributed by atoms with Crippen LogP contribution in [0.25, 0.3) is 0 Å². The van der Waals surface area contributed by atoms with Gasteiger partial charge >= 0.3 is 0 Å². The van der Waals surface area contributed by atoms with Crippen LogP contribution < -0.4 is 11.1 Å². The minimum absolute atomic E-state index is 0.00514. The van der Waals surface area contributed by atoms with Crippen molar-refractivity contribution in [3.63, 3.8) is 0 Å². The molecule has 3 N–H and O–H groups in total. The number of rotatable bonds is 6. The first-order chi connectivity index (χ1) is 16.2. The second-order valence-electron chi connectivity index (χ2n) is 7.13. The molecule has 3 rings (SSSR count). The molecule has 2 aromatic rings. The first kappa shape index (κ1) is 24.9. The molecule has 1 unspecified atom stereocenters. The molecule has 0 saturated heterocycles. The quantitative estimate of drug-likeness (QED) is 0.465. The highest BCUT2D eigenvalue weighted by molar-refractivity contribution is 7.91. The molecule has 10 nitrogen and oxygen atoms in total. The summed E-state index contributed by atoms with van der Waals surface area (Å²) in [6, 6.07) is 6.91. The van der Waals surface area contributed by atoms with Gasteiger partial charge in [-0.25, -0.2) is 36.7 Å². The highest BCUT2D eigenvalue weighted by Gasteiger charge is 2.27. The maximum Gasteiger partial charge on any atom is 0.275 e. The molecule has 0 aliphatic carbocycles. The molecular formula is C20H21F3N8O2S. The molecule has 1 atom stereocenters. The fourth-order valence-electron chi connectivity index (χ4n) is 3.02. The average Bonchev–Trinajstić information content (AvgIpc) is 3.01. The summed E-state index contributed by atoms with van der Waals surface area (Å²) in [4.78, 5) is 23.9. The predicted octanol–water partition coefficient (Wildman–Crippen LogP) is 2.30. The molecule has 180 valence electrons. The largest absolute Gasteiger partial charge is 0.369 e. The zero-order valence-electron chi connectivity index (χ0n) is 17.8. The van der Waals surface area contributed by atoms with Gasteiger partial charge in [0.25, 0.3) is 12.3 Å². The van der Waals surface area contributed by atoms with Gasteiger partial charge in [-0.2, -0.15) is 5.26 Å². The van der Waals surface area contributed by atoms with Crippen molar-refractivity contribution in [2.24, 2.45) is 15.1 Å². The predicted molar refractivity (Wildman–Crippen MR) is 119 cm³/mol. The van der Waals surface area contributed by atoms with Crippen LogP contribution in [-0.4, -0.2) is 56.4 Å². The Kier molecular flexibility index (Phi) is 8.00. The topological polar surface area (TPSA) is 150 Å². The van der Waals surface area contributed by atoms with Crippen LogP contribution in [0.4, 0.5) is 19.0 Å². The van der Waals surface area contributed by atoms with E-state index >= 15 is 0 Å². The van der Waals surface area contributed by atoms with E-state index in [1.807, 2.05) is 6.07 Å². The van der Waals surface area contributed by atoms with Gasteiger partial charge in [-0.15, -0.1) is 0 Å². The number of nitrogens with two attached hydrogens (primary N) is 1. The smallest absolute Gasteiger partial charge is 0.275 e. The number of hydrogen-bond acceptors (Lipinski definition) is 7. The maximum absolute atomic E-state index is 14.6. The van der Waals surface area contributed by atoms with E-state index in [1.54, 1.807) is 0 Å². The van der Waals surface area contributed by atoms with Gasteiger partial charge in [-0.1, -0.05) is 0 Å². The number of nitrogens with zero attached hydrogens (tertiary/aromatic N) is 6. The fourth-order valence-corrected chi connectivity index (χ4v) is 5.14. The Morgan fingerprint density at radius 1 is 1.32 bits per heavy atom. The molecule has 0 spiro atoms. The lowest BCUT2D eigenvalue weighted by Gasteiger charge is -2.25. The van der Waals surface area contributed by atoms with Crippen molar-refractivity contribution in [2.45, 2.75) is 25.0 Å². The van der Waals surface area contributed by atoms with Gasteiger partial charge in [-0.05, 0) is 37.1 Å². The van der Waals surface area contributed by atoms with Crippen LogP contribution in [-0.2, 0) is 15.7 Å². The first-order valence-corrected chi connectivity index (χ1v) is 11.8. The van der Waals surface area contributed by atoms with E-state index in [4.69, 9.17) is 11.0 Å².